The molecule has 2 aromatic heterocycles. The predicted molar refractivity (Wildman–Crippen MR) is 127 cm³/mol. The number of methoxy groups -OCH3 is 1. The molecule has 0 aliphatic carbocycles. The summed E-state index contributed by atoms with van der Waals surface area (Å²) in [7, 11) is 1.58. The molecule has 0 bridgehead atoms. The number of fused-ring (bicyclic) bond motifs is 1. The Bertz CT molecular complexity index is 1420. The van der Waals surface area contributed by atoms with Crippen LogP contribution in [0.3, 0.4) is 0 Å². The van der Waals surface area contributed by atoms with Crippen molar-refractivity contribution in [2.75, 3.05) is 12.4 Å². The first-order chi connectivity index (χ1) is 16.3. The summed E-state index contributed by atoms with van der Waals surface area (Å²) in [6.45, 7) is 4.98. The lowest BCUT2D eigenvalue weighted by Crippen LogP contribution is -2.35. The Hall–Kier alpha value is -4.27. The maximum atomic E-state index is 13.2. The SMILES string of the molecule is CC[C@H](C(=O)Nc1ccc(C(C)=O)cc1)n1nc(-c2ccc(OC)cc2)c2c(C)onc2c1=O. The van der Waals surface area contributed by atoms with Gasteiger partial charge in [-0.1, -0.05) is 12.1 Å². The van der Waals surface area contributed by atoms with Gasteiger partial charge < -0.3 is 14.6 Å². The van der Waals surface area contributed by atoms with Crippen molar-refractivity contribution in [3.63, 3.8) is 0 Å². The van der Waals surface area contributed by atoms with E-state index in [2.05, 4.69) is 15.6 Å². The van der Waals surface area contributed by atoms with Crippen LogP contribution in [0.5, 0.6) is 5.75 Å². The fourth-order valence-corrected chi connectivity index (χ4v) is 3.75. The van der Waals surface area contributed by atoms with E-state index < -0.39 is 17.5 Å². The van der Waals surface area contributed by atoms with E-state index in [0.717, 1.165) is 10.2 Å². The topological polar surface area (TPSA) is 116 Å². The number of hydrogen-bond acceptors (Lipinski definition) is 7. The summed E-state index contributed by atoms with van der Waals surface area (Å²) in [4.78, 5) is 37.9. The Kier molecular flexibility index (Phi) is 6.27. The third-order valence-corrected chi connectivity index (χ3v) is 5.62. The summed E-state index contributed by atoms with van der Waals surface area (Å²) >= 11 is 0. The van der Waals surface area contributed by atoms with E-state index in [0.29, 0.717) is 40.3 Å². The van der Waals surface area contributed by atoms with Gasteiger partial charge in [0.2, 0.25) is 5.91 Å². The summed E-state index contributed by atoms with van der Waals surface area (Å²) in [6, 6.07) is 12.9. The number of ketones is 1. The quantitative estimate of drug-likeness (QED) is 0.412. The van der Waals surface area contributed by atoms with Crippen LogP contribution in [0.1, 0.15) is 42.4 Å². The summed E-state index contributed by atoms with van der Waals surface area (Å²) in [6.07, 6.45) is 0.314. The highest BCUT2D eigenvalue weighted by Gasteiger charge is 2.26. The molecule has 0 fully saturated rings. The Morgan fingerprint density at radius 3 is 2.38 bits per heavy atom. The van der Waals surface area contributed by atoms with Gasteiger partial charge >= 0.3 is 0 Å². The second-order valence-corrected chi connectivity index (χ2v) is 7.84. The number of amides is 1. The zero-order chi connectivity index (χ0) is 24.4. The monoisotopic (exact) mass is 460 g/mol. The molecule has 174 valence electrons. The smallest absolute Gasteiger partial charge is 0.297 e. The molecule has 2 aromatic carbocycles. The molecule has 4 aromatic rings. The second-order valence-electron chi connectivity index (χ2n) is 7.84. The van der Waals surface area contributed by atoms with Gasteiger partial charge in [0.1, 0.15) is 23.2 Å². The number of hydrogen-bond donors (Lipinski definition) is 1. The zero-order valence-corrected chi connectivity index (χ0v) is 19.3. The highest BCUT2D eigenvalue weighted by atomic mass is 16.5. The summed E-state index contributed by atoms with van der Waals surface area (Å²) in [5.41, 5.74) is 1.84. The van der Waals surface area contributed by atoms with Crippen molar-refractivity contribution in [3.8, 4) is 17.0 Å². The van der Waals surface area contributed by atoms with Crippen LogP contribution < -0.4 is 15.6 Å². The number of nitrogens with zero attached hydrogens (tertiary/aromatic N) is 3. The van der Waals surface area contributed by atoms with Crippen LogP contribution in [-0.4, -0.2) is 33.7 Å². The molecule has 0 saturated carbocycles. The van der Waals surface area contributed by atoms with Crippen LogP contribution in [0, 0.1) is 6.92 Å². The van der Waals surface area contributed by atoms with Gasteiger partial charge in [-0.25, -0.2) is 4.68 Å². The maximum Gasteiger partial charge on any atom is 0.297 e. The van der Waals surface area contributed by atoms with Crippen molar-refractivity contribution in [3.05, 3.63) is 70.2 Å². The van der Waals surface area contributed by atoms with Gasteiger partial charge in [0.25, 0.3) is 5.56 Å². The van der Waals surface area contributed by atoms with Crippen LogP contribution in [0.2, 0.25) is 0 Å². The molecule has 1 amide bonds. The van der Waals surface area contributed by atoms with Gasteiger partial charge in [0.05, 0.1) is 12.5 Å². The molecule has 0 radical (unpaired) electrons. The van der Waals surface area contributed by atoms with Gasteiger partial charge in [-0.2, -0.15) is 5.10 Å². The number of ether oxygens (including phenoxy) is 1. The third-order valence-electron chi connectivity index (χ3n) is 5.62. The van der Waals surface area contributed by atoms with Gasteiger partial charge in [0, 0.05) is 16.8 Å². The number of aromatic nitrogens is 3. The Morgan fingerprint density at radius 2 is 1.79 bits per heavy atom. The molecule has 0 spiro atoms. The fraction of sp³-hybridized carbons (Fsp3) is 0.240. The molecule has 9 heteroatoms. The van der Waals surface area contributed by atoms with E-state index in [-0.39, 0.29) is 11.3 Å². The molecule has 9 nitrogen and oxygen atoms in total. The lowest BCUT2D eigenvalue weighted by Gasteiger charge is -2.18. The van der Waals surface area contributed by atoms with Gasteiger partial charge in [-0.05, 0) is 68.8 Å². The van der Waals surface area contributed by atoms with Gasteiger partial charge in [0.15, 0.2) is 11.3 Å². The van der Waals surface area contributed by atoms with E-state index in [1.807, 2.05) is 12.1 Å². The van der Waals surface area contributed by atoms with Crippen LogP contribution in [0.4, 0.5) is 5.69 Å². The molecular formula is C25H24N4O5. The number of nitrogens with one attached hydrogen (secondary N) is 1. The molecule has 1 N–H and O–H groups in total. The van der Waals surface area contributed by atoms with Crippen molar-refractivity contribution in [1.82, 2.24) is 14.9 Å². The standard InChI is InChI=1S/C25H24N4O5/c1-5-20(24(31)26-18-10-6-16(7-11-18)14(2)30)29-25(32)23-21(15(3)34-28-23)22(27-29)17-8-12-19(33-4)13-9-17/h6-13,20H,5H2,1-4H3,(H,26,31)/t20-/m1/s1. The first kappa shape index (κ1) is 22.9. The molecular weight excluding hydrogens is 436 g/mol. The number of aryl methyl sites for hydroxylation is 1. The van der Waals surface area contributed by atoms with E-state index in [1.54, 1.807) is 57.4 Å². The normalized spacial score (nSPS) is 11.9. The highest BCUT2D eigenvalue weighted by molar-refractivity contribution is 5.97. The minimum atomic E-state index is -0.890. The number of rotatable bonds is 7. The fourth-order valence-electron chi connectivity index (χ4n) is 3.75. The average Bonchev–Trinajstić information content (AvgIpc) is 3.23. The van der Waals surface area contributed by atoms with Crippen molar-refractivity contribution in [2.45, 2.75) is 33.2 Å². The van der Waals surface area contributed by atoms with Crippen molar-refractivity contribution in [1.29, 1.82) is 0 Å². The summed E-state index contributed by atoms with van der Waals surface area (Å²) < 4.78 is 11.7. The lowest BCUT2D eigenvalue weighted by molar-refractivity contribution is -0.119. The summed E-state index contributed by atoms with van der Waals surface area (Å²) in [5, 5.41) is 11.8. The summed E-state index contributed by atoms with van der Waals surface area (Å²) in [5.74, 6) is 0.660. The van der Waals surface area contributed by atoms with Crippen molar-refractivity contribution in [2.24, 2.45) is 0 Å². The average molecular weight is 460 g/mol. The lowest BCUT2D eigenvalue weighted by atomic mass is 10.1. The minimum absolute atomic E-state index is 0.0673. The largest absolute Gasteiger partial charge is 0.497 e. The molecule has 0 unspecified atom stereocenters. The number of Topliss-reactive ketones (excluding diaryl/α,β-unsaturated/α-hetero) is 1. The van der Waals surface area contributed by atoms with Crippen LogP contribution in [0.15, 0.2) is 57.8 Å². The van der Waals surface area contributed by atoms with Crippen molar-refractivity contribution < 1.29 is 18.8 Å². The van der Waals surface area contributed by atoms with Crippen LogP contribution >= 0.6 is 0 Å². The number of benzene rings is 2. The van der Waals surface area contributed by atoms with Crippen LogP contribution in [-0.2, 0) is 4.79 Å². The minimum Gasteiger partial charge on any atom is -0.497 e. The van der Waals surface area contributed by atoms with E-state index >= 15 is 0 Å². The van der Waals surface area contributed by atoms with Gasteiger partial charge in [-0.15, -0.1) is 0 Å². The molecule has 0 saturated heterocycles. The van der Waals surface area contributed by atoms with E-state index in [1.165, 1.54) is 6.92 Å². The second kappa shape index (κ2) is 9.30. The third kappa shape index (κ3) is 4.19. The Balaban J connectivity index is 1.77. The first-order valence-corrected chi connectivity index (χ1v) is 10.8. The van der Waals surface area contributed by atoms with Crippen LogP contribution in [0.25, 0.3) is 22.2 Å². The first-order valence-electron chi connectivity index (χ1n) is 10.8. The molecule has 0 aliphatic rings. The number of anilines is 1. The Morgan fingerprint density at radius 1 is 1.12 bits per heavy atom. The molecule has 1 atom stereocenters. The number of carbonyl (C=O) groups is 2. The molecule has 0 aliphatic heterocycles. The Labute approximate surface area is 195 Å². The van der Waals surface area contributed by atoms with E-state index in [4.69, 9.17) is 9.26 Å². The van der Waals surface area contributed by atoms with Gasteiger partial charge in [-0.3, -0.25) is 14.4 Å². The predicted octanol–water partition coefficient (Wildman–Crippen LogP) is 4.16. The highest BCUT2D eigenvalue weighted by Crippen LogP contribution is 2.29. The molecule has 4 rings (SSSR count). The number of carbonyl (C=O) groups excluding carboxylic acids is 2. The van der Waals surface area contributed by atoms with Crippen molar-refractivity contribution >= 4 is 28.3 Å². The maximum absolute atomic E-state index is 13.2. The zero-order valence-electron chi connectivity index (χ0n) is 19.3. The molecule has 34 heavy (non-hydrogen) atoms. The van der Waals surface area contributed by atoms with E-state index in [9.17, 15) is 14.4 Å². The molecule has 2 heterocycles.